The van der Waals surface area contributed by atoms with Crippen molar-refractivity contribution >= 4 is 17.5 Å². The number of carbonyl (C=O) groups excluding carboxylic acids is 2. The monoisotopic (exact) mass is 378 g/mol. The van der Waals surface area contributed by atoms with Crippen LogP contribution < -0.4 is 15.4 Å². The van der Waals surface area contributed by atoms with Gasteiger partial charge in [-0.05, 0) is 49.7 Å². The number of para-hydroxylation sites is 2. The molecule has 1 aromatic heterocycles. The number of amides is 2. The number of hydrogen-bond donors (Lipinski definition) is 2. The van der Waals surface area contributed by atoms with Crippen molar-refractivity contribution in [1.29, 1.82) is 0 Å². The third-order valence-electron chi connectivity index (χ3n) is 4.20. The van der Waals surface area contributed by atoms with E-state index in [1.54, 1.807) is 49.6 Å². The van der Waals surface area contributed by atoms with E-state index >= 15 is 0 Å². The van der Waals surface area contributed by atoms with Crippen LogP contribution in [0.1, 0.15) is 28.6 Å². The van der Waals surface area contributed by atoms with Gasteiger partial charge >= 0.3 is 0 Å². The molecule has 1 atom stereocenters. The molecule has 6 nitrogen and oxygen atoms in total. The molecule has 0 aliphatic rings. The van der Waals surface area contributed by atoms with Gasteiger partial charge in [0.25, 0.3) is 11.8 Å². The fourth-order valence-electron chi connectivity index (χ4n) is 2.63. The van der Waals surface area contributed by atoms with Crippen molar-refractivity contribution < 1.29 is 18.7 Å². The summed E-state index contributed by atoms with van der Waals surface area (Å²) in [6.07, 6.45) is 0.825. The fraction of sp³-hybridized carbons (Fsp3) is 0.182. The minimum absolute atomic E-state index is 0.265. The standard InChI is InChI=1S/C22H22N2O4/c1-15-8-3-6-12-20(15)28-16(2)21(25)24-19-11-5-4-10-18(19)22(26)23-14-17-9-7-13-27-17/h3-13,16H,14H2,1-2H3,(H,23,26)(H,24,25). The molecule has 6 heteroatoms. The summed E-state index contributed by atoms with van der Waals surface area (Å²) < 4.78 is 11.0. The number of hydrogen-bond acceptors (Lipinski definition) is 4. The van der Waals surface area contributed by atoms with Crippen molar-refractivity contribution in [3.63, 3.8) is 0 Å². The summed E-state index contributed by atoms with van der Waals surface area (Å²) in [5.41, 5.74) is 1.73. The Morgan fingerprint density at radius 3 is 2.54 bits per heavy atom. The maximum absolute atomic E-state index is 12.6. The van der Waals surface area contributed by atoms with Crippen LogP contribution in [0.15, 0.2) is 71.3 Å². The minimum atomic E-state index is -0.722. The number of aryl methyl sites for hydroxylation is 1. The molecule has 3 rings (SSSR count). The molecular formula is C22H22N2O4. The minimum Gasteiger partial charge on any atom is -0.481 e. The maximum atomic E-state index is 12.6. The van der Waals surface area contributed by atoms with Crippen LogP contribution in [-0.2, 0) is 11.3 Å². The van der Waals surface area contributed by atoms with E-state index in [4.69, 9.17) is 9.15 Å². The molecule has 1 heterocycles. The number of rotatable bonds is 7. The summed E-state index contributed by atoms with van der Waals surface area (Å²) in [5.74, 6) is 0.652. The summed E-state index contributed by atoms with van der Waals surface area (Å²) in [4.78, 5) is 25.1. The van der Waals surface area contributed by atoms with Crippen molar-refractivity contribution in [2.75, 3.05) is 5.32 Å². The quantitative estimate of drug-likeness (QED) is 0.653. The number of benzene rings is 2. The Morgan fingerprint density at radius 1 is 1.04 bits per heavy atom. The molecule has 2 amide bonds. The summed E-state index contributed by atoms with van der Waals surface area (Å²) in [6, 6.07) is 17.9. The number of nitrogens with one attached hydrogen (secondary N) is 2. The molecular weight excluding hydrogens is 356 g/mol. The lowest BCUT2D eigenvalue weighted by Crippen LogP contribution is -2.31. The Labute approximate surface area is 163 Å². The van der Waals surface area contributed by atoms with Gasteiger partial charge in [0.15, 0.2) is 6.10 Å². The molecule has 28 heavy (non-hydrogen) atoms. The lowest BCUT2D eigenvalue weighted by molar-refractivity contribution is -0.122. The van der Waals surface area contributed by atoms with Gasteiger partial charge in [-0.2, -0.15) is 0 Å². The highest BCUT2D eigenvalue weighted by molar-refractivity contribution is 6.04. The molecule has 0 saturated carbocycles. The molecule has 0 aliphatic carbocycles. The summed E-state index contributed by atoms with van der Waals surface area (Å²) in [5, 5.41) is 5.55. The van der Waals surface area contributed by atoms with Crippen LogP contribution >= 0.6 is 0 Å². The molecule has 1 unspecified atom stereocenters. The highest BCUT2D eigenvalue weighted by Crippen LogP contribution is 2.20. The third kappa shape index (κ3) is 4.79. The van der Waals surface area contributed by atoms with Crippen LogP contribution in [0.2, 0.25) is 0 Å². The predicted octanol–water partition coefficient (Wildman–Crippen LogP) is 3.92. The van der Waals surface area contributed by atoms with Crippen LogP contribution in [0, 0.1) is 6.92 Å². The zero-order chi connectivity index (χ0) is 19.9. The Balaban J connectivity index is 1.65. The number of carbonyl (C=O) groups is 2. The van der Waals surface area contributed by atoms with Gasteiger partial charge in [0, 0.05) is 0 Å². The molecule has 0 saturated heterocycles. The predicted molar refractivity (Wildman–Crippen MR) is 106 cm³/mol. The summed E-state index contributed by atoms with van der Waals surface area (Å²) in [6.45, 7) is 3.85. The highest BCUT2D eigenvalue weighted by Gasteiger charge is 2.19. The van der Waals surface area contributed by atoms with Crippen molar-refractivity contribution in [2.45, 2.75) is 26.5 Å². The van der Waals surface area contributed by atoms with E-state index in [2.05, 4.69) is 10.6 Å². The lowest BCUT2D eigenvalue weighted by atomic mass is 10.1. The molecule has 2 N–H and O–H groups in total. The second-order valence-corrected chi connectivity index (χ2v) is 6.32. The lowest BCUT2D eigenvalue weighted by Gasteiger charge is -2.17. The molecule has 144 valence electrons. The van der Waals surface area contributed by atoms with Crippen LogP contribution in [0.3, 0.4) is 0 Å². The second kappa shape index (κ2) is 8.90. The van der Waals surface area contributed by atoms with Gasteiger partial charge in [0.2, 0.25) is 0 Å². The van der Waals surface area contributed by atoms with Crippen LogP contribution in [0.4, 0.5) is 5.69 Å². The first-order valence-corrected chi connectivity index (χ1v) is 8.97. The SMILES string of the molecule is Cc1ccccc1OC(C)C(=O)Nc1ccccc1C(=O)NCc1ccco1. The molecule has 2 aromatic carbocycles. The first kappa shape index (κ1) is 19.2. The van der Waals surface area contributed by atoms with Crippen molar-refractivity contribution in [1.82, 2.24) is 5.32 Å². The molecule has 0 radical (unpaired) electrons. The normalized spacial score (nSPS) is 11.5. The summed E-state index contributed by atoms with van der Waals surface area (Å²) >= 11 is 0. The van der Waals surface area contributed by atoms with E-state index < -0.39 is 6.10 Å². The average molecular weight is 378 g/mol. The zero-order valence-corrected chi connectivity index (χ0v) is 15.8. The van der Waals surface area contributed by atoms with E-state index in [9.17, 15) is 9.59 Å². The highest BCUT2D eigenvalue weighted by atomic mass is 16.5. The first-order valence-electron chi connectivity index (χ1n) is 8.97. The fourth-order valence-corrected chi connectivity index (χ4v) is 2.63. The smallest absolute Gasteiger partial charge is 0.265 e. The van der Waals surface area contributed by atoms with Crippen molar-refractivity contribution in [2.24, 2.45) is 0 Å². The summed E-state index contributed by atoms with van der Waals surface area (Å²) in [7, 11) is 0. The molecule has 0 fully saturated rings. The molecule has 0 aliphatic heterocycles. The van der Waals surface area contributed by atoms with Gasteiger partial charge < -0.3 is 19.8 Å². The average Bonchev–Trinajstić information content (AvgIpc) is 3.22. The topological polar surface area (TPSA) is 80.6 Å². The van der Waals surface area contributed by atoms with E-state index in [0.717, 1.165) is 5.56 Å². The van der Waals surface area contributed by atoms with Crippen LogP contribution in [0.5, 0.6) is 5.75 Å². The van der Waals surface area contributed by atoms with Gasteiger partial charge in [-0.15, -0.1) is 0 Å². The number of ether oxygens (including phenoxy) is 1. The first-order chi connectivity index (χ1) is 13.5. The van der Waals surface area contributed by atoms with Crippen molar-refractivity contribution in [3.05, 3.63) is 83.8 Å². The van der Waals surface area contributed by atoms with Crippen LogP contribution in [-0.4, -0.2) is 17.9 Å². The Hall–Kier alpha value is -3.54. The van der Waals surface area contributed by atoms with Gasteiger partial charge in [0.05, 0.1) is 24.1 Å². The molecule has 0 bridgehead atoms. The van der Waals surface area contributed by atoms with Gasteiger partial charge in [0.1, 0.15) is 11.5 Å². The number of furan rings is 1. The third-order valence-corrected chi connectivity index (χ3v) is 4.20. The zero-order valence-electron chi connectivity index (χ0n) is 15.8. The molecule has 0 spiro atoms. The van der Waals surface area contributed by atoms with E-state index in [0.29, 0.717) is 22.8 Å². The van der Waals surface area contributed by atoms with Gasteiger partial charge in [-0.1, -0.05) is 30.3 Å². The van der Waals surface area contributed by atoms with E-state index in [1.165, 1.54) is 0 Å². The Morgan fingerprint density at radius 2 is 1.79 bits per heavy atom. The van der Waals surface area contributed by atoms with Gasteiger partial charge in [-0.25, -0.2) is 0 Å². The Bertz CT molecular complexity index is 951. The van der Waals surface area contributed by atoms with Crippen molar-refractivity contribution in [3.8, 4) is 5.75 Å². The molecule has 3 aromatic rings. The van der Waals surface area contributed by atoms with E-state index in [-0.39, 0.29) is 18.4 Å². The van der Waals surface area contributed by atoms with Gasteiger partial charge in [-0.3, -0.25) is 9.59 Å². The second-order valence-electron chi connectivity index (χ2n) is 6.32. The van der Waals surface area contributed by atoms with E-state index in [1.807, 2.05) is 31.2 Å². The number of anilines is 1. The Kier molecular flexibility index (Phi) is 6.11. The largest absolute Gasteiger partial charge is 0.481 e. The van der Waals surface area contributed by atoms with Crippen LogP contribution in [0.25, 0.3) is 0 Å². The maximum Gasteiger partial charge on any atom is 0.265 e.